The van der Waals surface area contributed by atoms with Gasteiger partial charge >= 0.3 is 5.97 Å². The van der Waals surface area contributed by atoms with Crippen molar-refractivity contribution in [3.63, 3.8) is 0 Å². The Bertz CT molecular complexity index is 306. The Hall–Kier alpha value is -0.790. The summed E-state index contributed by atoms with van der Waals surface area (Å²) in [5.41, 5.74) is 0.446. The molecule has 2 heteroatoms. The highest BCUT2D eigenvalue weighted by Crippen LogP contribution is 2.41. The lowest BCUT2D eigenvalue weighted by Crippen LogP contribution is -2.40. The molecule has 1 atom stereocenters. The molecule has 0 aromatic rings. The number of esters is 1. The Kier molecular flexibility index (Phi) is 7.39. The first-order valence-electron chi connectivity index (χ1n) is 7.48. The standard InChI is InChI=1S/C17H32O2/c1-8-9-10-11-12-19-15(18)17(7,13-14(2)3)16(4,5)6/h13H,8-12H2,1-7H3. The van der Waals surface area contributed by atoms with Gasteiger partial charge in [0.15, 0.2) is 0 Å². The highest BCUT2D eigenvalue weighted by atomic mass is 16.5. The predicted octanol–water partition coefficient (Wildman–Crippen LogP) is 5.13. The topological polar surface area (TPSA) is 26.3 Å². The molecule has 0 aromatic heterocycles. The Balaban J connectivity index is 4.64. The van der Waals surface area contributed by atoms with Crippen molar-refractivity contribution in [1.29, 1.82) is 0 Å². The molecule has 0 radical (unpaired) electrons. The Morgan fingerprint density at radius 1 is 1.05 bits per heavy atom. The average Bonchev–Trinajstić information content (AvgIpc) is 2.25. The molecular formula is C17H32O2. The smallest absolute Gasteiger partial charge is 0.316 e. The maximum Gasteiger partial charge on any atom is 0.316 e. The molecule has 0 aliphatic carbocycles. The number of carbonyl (C=O) groups excluding carboxylic acids is 1. The molecule has 0 heterocycles. The molecule has 0 saturated carbocycles. The third-order valence-corrected chi connectivity index (χ3v) is 3.79. The van der Waals surface area contributed by atoms with Crippen molar-refractivity contribution in [1.82, 2.24) is 0 Å². The molecule has 19 heavy (non-hydrogen) atoms. The van der Waals surface area contributed by atoms with Gasteiger partial charge in [0, 0.05) is 0 Å². The van der Waals surface area contributed by atoms with Crippen molar-refractivity contribution in [2.75, 3.05) is 6.61 Å². The summed E-state index contributed by atoms with van der Waals surface area (Å²) >= 11 is 0. The van der Waals surface area contributed by atoms with Gasteiger partial charge in [-0.25, -0.2) is 0 Å². The molecule has 112 valence electrons. The van der Waals surface area contributed by atoms with Gasteiger partial charge in [0.25, 0.3) is 0 Å². The van der Waals surface area contributed by atoms with Gasteiger partial charge in [0.05, 0.1) is 12.0 Å². The van der Waals surface area contributed by atoms with E-state index in [9.17, 15) is 4.79 Å². The van der Waals surface area contributed by atoms with Gasteiger partial charge in [-0.3, -0.25) is 4.79 Å². The van der Waals surface area contributed by atoms with Crippen LogP contribution in [0.4, 0.5) is 0 Å². The molecule has 0 rings (SSSR count). The van der Waals surface area contributed by atoms with Crippen molar-refractivity contribution in [2.45, 2.75) is 74.1 Å². The second-order valence-corrected chi connectivity index (χ2v) is 6.87. The lowest BCUT2D eigenvalue weighted by Gasteiger charge is -2.37. The summed E-state index contributed by atoms with van der Waals surface area (Å²) in [5.74, 6) is -0.0994. The van der Waals surface area contributed by atoms with Gasteiger partial charge in [-0.05, 0) is 32.6 Å². The molecule has 0 aliphatic rings. The molecule has 0 bridgehead atoms. The minimum Gasteiger partial charge on any atom is -0.465 e. The van der Waals surface area contributed by atoms with Crippen LogP contribution in [0.15, 0.2) is 11.6 Å². The third-order valence-electron chi connectivity index (χ3n) is 3.79. The Morgan fingerprint density at radius 3 is 2.05 bits per heavy atom. The quantitative estimate of drug-likeness (QED) is 0.363. The monoisotopic (exact) mass is 268 g/mol. The van der Waals surface area contributed by atoms with Crippen LogP contribution in [0.25, 0.3) is 0 Å². The number of rotatable bonds is 7. The Labute approximate surface area is 119 Å². The van der Waals surface area contributed by atoms with Gasteiger partial charge in [-0.15, -0.1) is 0 Å². The number of hydrogen-bond donors (Lipinski definition) is 0. The van der Waals surface area contributed by atoms with Gasteiger partial charge in [-0.2, -0.15) is 0 Å². The van der Waals surface area contributed by atoms with Crippen molar-refractivity contribution >= 4 is 5.97 Å². The third kappa shape index (κ3) is 5.80. The first-order chi connectivity index (χ1) is 8.65. The van der Waals surface area contributed by atoms with Crippen LogP contribution in [0.2, 0.25) is 0 Å². The molecule has 0 aromatic carbocycles. The largest absolute Gasteiger partial charge is 0.465 e. The van der Waals surface area contributed by atoms with Crippen LogP contribution >= 0.6 is 0 Å². The Morgan fingerprint density at radius 2 is 1.63 bits per heavy atom. The molecule has 2 nitrogen and oxygen atoms in total. The molecule has 0 aliphatic heterocycles. The minimum atomic E-state index is -0.559. The van der Waals surface area contributed by atoms with Crippen LogP contribution in [-0.2, 0) is 9.53 Å². The van der Waals surface area contributed by atoms with E-state index in [1.54, 1.807) is 0 Å². The van der Waals surface area contributed by atoms with E-state index in [1.165, 1.54) is 12.8 Å². The van der Waals surface area contributed by atoms with Crippen molar-refractivity contribution < 1.29 is 9.53 Å². The highest BCUT2D eigenvalue weighted by molar-refractivity contribution is 5.79. The first kappa shape index (κ1) is 18.2. The summed E-state index contributed by atoms with van der Waals surface area (Å²) in [6, 6.07) is 0. The SMILES string of the molecule is CCCCCCOC(=O)C(C)(C=C(C)C)C(C)(C)C. The molecule has 0 amide bonds. The van der Waals surface area contributed by atoms with E-state index in [4.69, 9.17) is 4.74 Å². The maximum absolute atomic E-state index is 12.4. The van der Waals surface area contributed by atoms with E-state index in [0.29, 0.717) is 6.61 Å². The zero-order valence-electron chi connectivity index (χ0n) is 13.9. The summed E-state index contributed by atoms with van der Waals surface area (Å²) in [5, 5.41) is 0. The fourth-order valence-corrected chi connectivity index (χ4v) is 2.00. The number of carbonyl (C=O) groups is 1. The molecule has 0 saturated heterocycles. The van der Waals surface area contributed by atoms with Crippen molar-refractivity contribution in [3.8, 4) is 0 Å². The van der Waals surface area contributed by atoms with E-state index in [0.717, 1.165) is 18.4 Å². The number of unbranched alkanes of at least 4 members (excludes halogenated alkanes) is 3. The van der Waals surface area contributed by atoms with E-state index >= 15 is 0 Å². The second-order valence-electron chi connectivity index (χ2n) is 6.87. The highest BCUT2D eigenvalue weighted by Gasteiger charge is 2.43. The molecule has 1 unspecified atom stereocenters. The lowest BCUT2D eigenvalue weighted by atomic mass is 9.67. The summed E-state index contributed by atoms with van der Waals surface area (Å²) in [6.07, 6.45) is 6.56. The fourth-order valence-electron chi connectivity index (χ4n) is 2.00. The molecular weight excluding hydrogens is 236 g/mol. The summed E-state index contributed by atoms with van der Waals surface area (Å²) in [7, 11) is 0. The zero-order chi connectivity index (χ0) is 15.1. The van der Waals surface area contributed by atoms with Gasteiger partial charge < -0.3 is 4.74 Å². The summed E-state index contributed by atoms with van der Waals surface area (Å²) in [4.78, 5) is 12.4. The van der Waals surface area contributed by atoms with Crippen LogP contribution in [0.1, 0.15) is 74.1 Å². The minimum absolute atomic E-state index is 0.0994. The number of ether oxygens (including phenoxy) is 1. The van der Waals surface area contributed by atoms with Crippen LogP contribution in [0, 0.1) is 10.8 Å². The van der Waals surface area contributed by atoms with Crippen LogP contribution in [0.3, 0.4) is 0 Å². The predicted molar refractivity (Wildman–Crippen MR) is 82.1 cm³/mol. The number of allylic oxidation sites excluding steroid dienone is 1. The van der Waals surface area contributed by atoms with Crippen molar-refractivity contribution in [3.05, 3.63) is 11.6 Å². The second kappa shape index (κ2) is 7.72. The van der Waals surface area contributed by atoms with Gasteiger partial charge in [-0.1, -0.05) is 58.6 Å². The fraction of sp³-hybridized carbons (Fsp3) is 0.824. The summed E-state index contributed by atoms with van der Waals surface area (Å²) < 4.78 is 5.50. The van der Waals surface area contributed by atoms with Crippen LogP contribution in [-0.4, -0.2) is 12.6 Å². The van der Waals surface area contributed by atoms with E-state index < -0.39 is 5.41 Å². The van der Waals surface area contributed by atoms with E-state index in [1.807, 2.05) is 26.8 Å². The van der Waals surface area contributed by atoms with Crippen LogP contribution < -0.4 is 0 Å². The first-order valence-corrected chi connectivity index (χ1v) is 7.48. The van der Waals surface area contributed by atoms with E-state index in [2.05, 4.69) is 27.7 Å². The van der Waals surface area contributed by atoms with E-state index in [-0.39, 0.29) is 11.4 Å². The molecule has 0 fully saturated rings. The lowest BCUT2D eigenvalue weighted by molar-refractivity contribution is -0.157. The van der Waals surface area contributed by atoms with Gasteiger partial charge in [0.1, 0.15) is 0 Å². The van der Waals surface area contributed by atoms with Crippen LogP contribution in [0.5, 0.6) is 0 Å². The zero-order valence-corrected chi connectivity index (χ0v) is 13.9. The summed E-state index contributed by atoms with van der Waals surface area (Å²) in [6.45, 7) is 15.0. The normalized spacial score (nSPS) is 14.7. The number of hydrogen-bond acceptors (Lipinski definition) is 2. The maximum atomic E-state index is 12.4. The average molecular weight is 268 g/mol. The van der Waals surface area contributed by atoms with Gasteiger partial charge in [0.2, 0.25) is 0 Å². The van der Waals surface area contributed by atoms with Crippen molar-refractivity contribution in [2.24, 2.45) is 10.8 Å². The molecule has 0 spiro atoms. The molecule has 0 N–H and O–H groups in total.